The highest BCUT2D eigenvalue weighted by atomic mass is 19.4. The molecule has 0 amide bonds. The number of benzene rings is 2. The summed E-state index contributed by atoms with van der Waals surface area (Å²) in [6.07, 6.45) is -4.71. The average molecular weight is 517 g/mol. The maximum absolute atomic E-state index is 13.7. The Hall–Kier alpha value is -4.06. The van der Waals surface area contributed by atoms with Gasteiger partial charge < -0.3 is 19.5 Å². The number of esters is 1. The van der Waals surface area contributed by atoms with Gasteiger partial charge >= 0.3 is 17.8 Å². The van der Waals surface area contributed by atoms with Crippen molar-refractivity contribution >= 4 is 11.7 Å². The van der Waals surface area contributed by atoms with Crippen molar-refractivity contribution in [2.45, 2.75) is 38.4 Å². The summed E-state index contributed by atoms with van der Waals surface area (Å²) in [5.41, 5.74) is -2.09. The van der Waals surface area contributed by atoms with Gasteiger partial charge in [-0.05, 0) is 49.1 Å². The summed E-state index contributed by atoms with van der Waals surface area (Å²) in [5.74, 6) is -0.708. The zero-order chi connectivity index (χ0) is 26.6. The molecule has 0 radical (unpaired) electrons. The predicted molar refractivity (Wildman–Crippen MR) is 125 cm³/mol. The molecular formula is C25H22F3N3O6. The first-order valence-electron chi connectivity index (χ1n) is 11.5. The molecule has 12 heteroatoms. The Balaban J connectivity index is 1.72. The van der Waals surface area contributed by atoms with E-state index >= 15 is 0 Å². The third-order valence-electron chi connectivity index (χ3n) is 6.64. The molecule has 2 aromatic carbocycles. The molecule has 1 aliphatic heterocycles. The fraction of sp³-hybridized carbons (Fsp3) is 0.320. The van der Waals surface area contributed by atoms with E-state index in [4.69, 9.17) is 9.47 Å². The van der Waals surface area contributed by atoms with Crippen molar-refractivity contribution in [3.05, 3.63) is 85.7 Å². The zero-order valence-electron chi connectivity index (χ0n) is 19.8. The van der Waals surface area contributed by atoms with E-state index in [9.17, 15) is 32.7 Å². The number of ether oxygens (including phenoxy) is 2. The maximum atomic E-state index is 13.7. The number of rotatable bonds is 4. The number of aromatic nitrogens is 2. The Morgan fingerprint density at radius 3 is 2.68 bits per heavy atom. The van der Waals surface area contributed by atoms with Gasteiger partial charge in [0.25, 0.3) is 12.0 Å². The third kappa shape index (κ3) is 3.97. The van der Waals surface area contributed by atoms with Crippen LogP contribution < -0.4 is 20.9 Å². The lowest BCUT2D eigenvalue weighted by Gasteiger charge is -2.19. The summed E-state index contributed by atoms with van der Waals surface area (Å²) in [6.45, 7) is 1.52. The molecule has 1 aliphatic carbocycles. The molecule has 1 unspecified atom stereocenters. The third-order valence-corrected chi connectivity index (χ3v) is 6.64. The van der Waals surface area contributed by atoms with Crippen LogP contribution in [-0.4, -0.2) is 40.3 Å². The standard InChI is InChI=1S/C25H22F3N3O6/c1-3-36-22(33)16-12-30(13-7-9-19-20(11-13)37-24(35)29(19)2)23(34)31(21(16)32)18-10-8-14-15(18)5-4-6-17(14)25(26,27)28/h4-7,9,11-12,18,24,35H,3,8,10H2,1-2H3/t18-,24?/m1/s1. The second-order valence-electron chi connectivity index (χ2n) is 8.72. The molecule has 0 spiro atoms. The van der Waals surface area contributed by atoms with Crippen molar-refractivity contribution in [1.29, 1.82) is 0 Å². The first-order valence-corrected chi connectivity index (χ1v) is 11.5. The van der Waals surface area contributed by atoms with Gasteiger partial charge in [-0.25, -0.2) is 9.59 Å². The molecule has 2 atom stereocenters. The van der Waals surface area contributed by atoms with Crippen LogP contribution in [0.25, 0.3) is 5.69 Å². The summed E-state index contributed by atoms with van der Waals surface area (Å²) in [6, 6.07) is 7.22. The fourth-order valence-corrected chi connectivity index (χ4v) is 4.90. The van der Waals surface area contributed by atoms with Gasteiger partial charge in [0, 0.05) is 19.3 Å². The predicted octanol–water partition coefficient (Wildman–Crippen LogP) is 2.83. The Morgan fingerprint density at radius 1 is 1.22 bits per heavy atom. The van der Waals surface area contributed by atoms with Crippen molar-refractivity contribution in [2.75, 3.05) is 18.6 Å². The maximum Gasteiger partial charge on any atom is 0.416 e. The monoisotopic (exact) mass is 517 g/mol. The number of aliphatic hydroxyl groups is 1. The zero-order valence-corrected chi connectivity index (χ0v) is 19.8. The van der Waals surface area contributed by atoms with Gasteiger partial charge in [0.15, 0.2) is 5.75 Å². The van der Waals surface area contributed by atoms with Gasteiger partial charge in [0.2, 0.25) is 0 Å². The molecule has 0 saturated heterocycles. The van der Waals surface area contributed by atoms with E-state index < -0.39 is 47.0 Å². The SMILES string of the molecule is CCOC(=O)c1cn(-c2ccc3c(c2)OC(O)N3C)c(=O)n([C@@H]2CCc3c2cccc3C(F)(F)F)c1=O. The second kappa shape index (κ2) is 8.80. The number of fused-ring (bicyclic) bond motifs is 2. The molecule has 0 fully saturated rings. The highest BCUT2D eigenvalue weighted by Gasteiger charge is 2.39. The number of hydrogen-bond acceptors (Lipinski definition) is 7. The summed E-state index contributed by atoms with van der Waals surface area (Å²) < 4.78 is 53.1. The van der Waals surface area contributed by atoms with E-state index in [1.807, 2.05) is 0 Å². The molecule has 5 rings (SSSR count). The summed E-state index contributed by atoms with van der Waals surface area (Å²) in [4.78, 5) is 41.2. The van der Waals surface area contributed by atoms with Gasteiger partial charge in [-0.1, -0.05) is 12.1 Å². The fourth-order valence-electron chi connectivity index (χ4n) is 4.90. The Kier molecular flexibility index (Phi) is 5.86. The molecular weight excluding hydrogens is 495 g/mol. The molecule has 2 heterocycles. The van der Waals surface area contributed by atoms with Crippen molar-refractivity contribution < 1.29 is 32.5 Å². The number of carbonyl (C=O) groups is 1. The quantitative estimate of drug-likeness (QED) is 0.531. The number of alkyl halides is 3. The Morgan fingerprint density at radius 2 is 1.97 bits per heavy atom. The summed E-state index contributed by atoms with van der Waals surface area (Å²) >= 11 is 0. The average Bonchev–Trinajstić information content (AvgIpc) is 3.39. The molecule has 9 nitrogen and oxygen atoms in total. The van der Waals surface area contributed by atoms with Gasteiger partial charge in [0.1, 0.15) is 5.56 Å². The van der Waals surface area contributed by atoms with Crippen LogP contribution in [0.5, 0.6) is 5.75 Å². The number of carbonyl (C=O) groups excluding carboxylic acids is 1. The van der Waals surface area contributed by atoms with Gasteiger partial charge in [-0.3, -0.25) is 13.9 Å². The van der Waals surface area contributed by atoms with Crippen LogP contribution in [0.4, 0.5) is 18.9 Å². The molecule has 3 aromatic rings. The minimum atomic E-state index is -4.60. The van der Waals surface area contributed by atoms with Crippen molar-refractivity contribution in [3.63, 3.8) is 0 Å². The number of halogens is 3. The highest BCUT2D eigenvalue weighted by molar-refractivity contribution is 5.88. The molecule has 1 aromatic heterocycles. The topological polar surface area (TPSA) is 103 Å². The minimum absolute atomic E-state index is 0.00209. The van der Waals surface area contributed by atoms with Crippen LogP contribution in [-0.2, 0) is 17.3 Å². The molecule has 0 saturated carbocycles. The molecule has 0 bridgehead atoms. The van der Waals surface area contributed by atoms with Crippen LogP contribution in [0, 0.1) is 0 Å². The lowest BCUT2D eigenvalue weighted by molar-refractivity contribution is -0.138. The van der Waals surface area contributed by atoms with Crippen molar-refractivity contribution in [3.8, 4) is 11.4 Å². The lowest BCUT2D eigenvalue weighted by atomic mass is 10.0. The first-order chi connectivity index (χ1) is 17.5. The Labute approximate surface area is 207 Å². The molecule has 2 aliphatic rings. The molecule has 37 heavy (non-hydrogen) atoms. The van der Waals surface area contributed by atoms with E-state index in [0.717, 1.165) is 21.4 Å². The van der Waals surface area contributed by atoms with Gasteiger partial charge in [-0.15, -0.1) is 0 Å². The molecule has 194 valence electrons. The second-order valence-corrected chi connectivity index (χ2v) is 8.72. The van der Waals surface area contributed by atoms with Gasteiger partial charge in [-0.2, -0.15) is 13.2 Å². The van der Waals surface area contributed by atoms with E-state index in [1.165, 1.54) is 29.2 Å². The van der Waals surface area contributed by atoms with Crippen molar-refractivity contribution in [1.82, 2.24) is 9.13 Å². The largest absolute Gasteiger partial charge is 0.462 e. The number of anilines is 1. The van der Waals surface area contributed by atoms with Gasteiger partial charge in [0.05, 0.1) is 29.6 Å². The smallest absolute Gasteiger partial charge is 0.416 e. The van der Waals surface area contributed by atoms with E-state index in [-0.39, 0.29) is 42.0 Å². The van der Waals surface area contributed by atoms with Crippen molar-refractivity contribution in [2.24, 2.45) is 0 Å². The lowest BCUT2D eigenvalue weighted by Crippen LogP contribution is -2.44. The van der Waals surface area contributed by atoms with Crippen LogP contribution in [0.15, 0.2) is 52.2 Å². The van der Waals surface area contributed by atoms with Crippen LogP contribution in [0.2, 0.25) is 0 Å². The Bertz CT molecular complexity index is 1530. The van der Waals surface area contributed by atoms with E-state index in [1.54, 1.807) is 20.0 Å². The number of nitrogens with zero attached hydrogens (tertiary/aromatic N) is 3. The summed E-state index contributed by atoms with van der Waals surface area (Å²) in [5, 5.41) is 9.96. The van der Waals surface area contributed by atoms with Crippen LogP contribution in [0.1, 0.15) is 46.4 Å². The van der Waals surface area contributed by atoms with Crippen LogP contribution >= 0.6 is 0 Å². The van der Waals surface area contributed by atoms with E-state index in [2.05, 4.69) is 0 Å². The summed E-state index contributed by atoms with van der Waals surface area (Å²) in [7, 11) is 1.61. The van der Waals surface area contributed by atoms with Crippen LogP contribution in [0.3, 0.4) is 0 Å². The highest BCUT2D eigenvalue weighted by Crippen LogP contribution is 2.41. The number of aliphatic hydroxyl groups excluding tert-OH is 1. The minimum Gasteiger partial charge on any atom is -0.462 e. The normalized spacial score (nSPS) is 18.4. The molecule has 1 N–H and O–H groups in total. The first kappa shape index (κ1) is 24.6. The number of hydrogen-bond donors (Lipinski definition) is 1. The van der Waals surface area contributed by atoms with E-state index in [0.29, 0.717) is 5.69 Å².